The van der Waals surface area contributed by atoms with Crippen molar-refractivity contribution < 1.29 is 4.79 Å². The molecule has 3 rings (SSSR count). The molecular weight excluding hydrogens is 296 g/mol. The largest absolute Gasteiger partial charge is 0.338 e. The van der Waals surface area contributed by atoms with Gasteiger partial charge in [-0.15, -0.1) is 11.3 Å². The number of rotatable bonds is 5. The molecule has 3 heterocycles. The van der Waals surface area contributed by atoms with Gasteiger partial charge < -0.3 is 4.90 Å². The molecule has 22 heavy (non-hydrogen) atoms. The summed E-state index contributed by atoms with van der Waals surface area (Å²) in [5.41, 5.74) is 2.07. The minimum absolute atomic E-state index is 0.194. The number of amides is 1. The Balaban J connectivity index is 1.63. The van der Waals surface area contributed by atoms with Gasteiger partial charge in [-0.1, -0.05) is 6.92 Å². The summed E-state index contributed by atoms with van der Waals surface area (Å²) in [5, 5.41) is 7.46. The van der Waals surface area contributed by atoms with E-state index in [-0.39, 0.29) is 11.9 Å². The molecule has 0 bridgehead atoms. The van der Waals surface area contributed by atoms with Crippen LogP contribution < -0.4 is 0 Å². The van der Waals surface area contributed by atoms with Crippen molar-refractivity contribution >= 4 is 17.2 Å². The molecule has 2 aromatic heterocycles. The minimum Gasteiger partial charge on any atom is -0.338 e. The highest BCUT2D eigenvalue weighted by Crippen LogP contribution is 2.21. The predicted octanol–water partition coefficient (Wildman–Crippen LogP) is 2.44. The molecule has 0 saturated carbocycles. The van der Waals surface area contributed by atoms with E-state index in [2.05, 4.69) is 17.0 Å². The molecule has 1 atom stereocenters. The molecule has 0 N–H and O–H groups in total. The lowest BCUT2D eigenvalue weighted by molar-refractivity contribution is -0.131. The third-order valence-electron chi connectivity index (χ3n) is 4.09. The van der Waals surface area contributed by atoms with E-state index in [1.807, 2.05) is 34.3 Å². The SMILES string of the molecule is CCc1nc(CC(=O)N2CCC[C@H]2Cn2cc(C)cn2)cs1. The fraction of sp³-hybridized carbons (Fsp3) is 0.562. The first kappa shape index (κ1) is 15.2. The van der Waals surface area contributed by atoms with Gasteiger partial charge in [0.25, 0.3) is 0 Å². The Morgan fingerprint density at radius 2 is 2.36 bits per heavy atom. The number of carbonyl (C=O) groups excluding carboxylic acids is 1. The Hall–Kier alpha value is -1.69. The zero-order valence-electron chi connectivity index (χ0n) is 13.2. The second kappa shape index (κ2) is 6.60. The molecule has 1 fully saturated rings. The maximum Gasteiger partial charge on any atom is 0.228 e. The number of nitrogens with zero attached hydrogens (tertiary/aromatic N) is 4. The van der Waals surface area contributed by atoms with E-state index in [0.717, 1.165) is 48.6 Å². The van der Waals surface area contributed by atoms with Crippen LogP contribution in [-0.2, 0) is 24.2 Å². The molecule has 1 aliphatic heterocycles. The molecule has 1 aliphatic rings. The maximum atomic E-state index is 12.6. The number of aromatic nitrogens is 3. The fourth-order valence-corrected chi connectivity index (χ4v) is 3.73. The van der Waals surface area contributed by atoms with Crippen molar-refractivity contribution in [3.8, 4) is 0 Å². The Morgan fingerprint density at radius 1 is 1.50 bits per heavy atom. The molecule has 0 spiro atoms. The van der Waals surface area contributed by atoms with Crippen LogP contribution in [0.25, 0.3) is 0 Å². The Morgan fingerprint density at radius 3 is 3.05 bits per heavy atom. The van der Waals surface area contributed by atoms with Gasteiger partial charge in [-0.3, -0.25) is 9.48 Å². The van der Waals surface area contributed by atoms with Crippen LogP contribution in [-0.4, -0.2) is 38.2 Å². The van der Waals surface area contributed by atoms with Crippen LogP contribution in [0.2, 0.25) is 0 Å². The van der Waals surface area contributed by atoms with Crippen LogP contribution in [0, 0.1) is 6.92 Å². The average molecular weight is 318 g/mol. The van der Waals surface area contributed by atoms with E-state index in [0.29, 0.717) is 6.42 Å². The molecule has 0 unspecified atom stereocenters. The summed E-state index contributed by atoms with van der Waals surface area (Å²) in [6.07, 6.45) is 7.39. The standard InChI is InChI=1S/C16H22N4OS/c1-3-15-18-13(11-22-15)7-16(21)20-6-4-5-14(20)10-19-9-12(2)8-17-19/h8-9,11,14H,3-7,10H2,1-2H3/t14-/m0/s1. The van der Waals surface area contributed by atoms with E-state index in [1.165, 1.54) is 0 Å². The number of thiazole rings is 1. The van der Waals surface area contributed by atoms with Crippen LogP contribution in [0.4, 0.5) is 0 Å². The van der Waals surface area contributed by atoms with E-state index in [4.69, 9.17) is 0 Å². The molecule has 6 heteroatoms. The van der Waals surface area contributed by atoms with Gasteiger partial charge in [-0.2, -0.15) is 5.10 Å². The van der Waals surface area contributed by atoms with Crippen LogP contribution >= 0.6 is 11.3 Å². The topological polar surface area (TPSA) is 51.0 Å². The van der Waals surface area contributed by atoms with Gasteiger partial charge in [-0.25, -0.2) is 4.98 Å². The number of carbonyl (C=O) groups is 1. The van der Waals surface area contributed by atoms with Crippen LogP contribution in [0.15, 0.2) is 17.8 Å². The van der Waals surface area contributed by atoms with Crippen molar-refractivity contribution in [3.05, 3.63) is 34.0 Å². The molecule has 0 aromatic carbocycles. The summed E-state index contributed by atoms with van der Waals surface area (Å²) in [4.78, 5) is 19.1. The maximum absolute atomic E-state index is 12.6. The summed E-state index contributed by atoms with van der Waals surface area (Å²) in [6.45, 7) is 5.77. The number of hydrogen-bond donors (Lipinski definition) is 0. The summed E-state index contributed by atoms with van der Waals surface area (Å²) in [7, 11) is 0. The minimum atomic E-state index is 0.194. The van der Waals surface area contributed by atoms with Crippen molar-refractivity contribution in [2.45, 2.75) is 52.1 Å². The highest BCUT2D eigenvalue weighted by Gasteiger charge is 2.29. The molecule has 1 saturated heterocycles. The molecule has 0 radical (unpaired) electrons. The zero-order chi connectivity index (χ0) is 15.5. The van der Waals surface area contributed by atoms with Crippen molar-refractivity contribution in [1.82, 2.24) is 19.7 Å². The first-order valence-electron chi connectivity index (χ1n) is 7.87. The summed E-state index contributed by atoms with van der Waals surface area (Å²) in [6, 6.07) is 0.260. The third-order valence-corrected chi connectivity index (χ3v) is 5.13. The van der Waals surface area contributed by atoms with Crippen LogP contribution in [0.3, 0.4) is 0 Å². The van der Waals surface area contributed by atoms with Gasteiger partial charge in [0.1, 0.15) is 0 Å². The predicted molar refractivity (Wildman–Crippen MR) is 86.9 cm³/mol. The van der Waals surface area contributed by atoms with E-state index in [1.54, 1.807) is 11.3 Å². The van der Waals surface area contributed by atoms with Crippen molar-refractivity contribution in [1.29, 1.82) is 0 Å². The van der Waals surface area contributed by atoms with Gasteiger partial charge in [0, 0.05) is 18.1 Å². The third kappa shape index (κ3) is 3.38. The van der Waals surface area contributed by atoms with E-state index >= 15 is 0 Å². The molecule has 2 aromatic rings. The lowest BCUT2D eigenvalue weighted by Gasteiger charge is -2.24. The van der Waals surface area contributed by atoms with Crippen LogP contribution in [0.5, 0.6) is 0 Å². The lowest BCUT2D eigenvalue weighted by atomic mass is 10.2. The average Bonchev–Trinajstić information content (AvgIpc) is 3.21. The quantitative estimate of drug-likeness (QED) is 0.851. The van der Waals surface area contributed by atoms with Gasteiger partial charge in [0.05, 0.1) is 35.9 Å². The van der Waals surface area contributed by atoms with Gasteiger partial charge in [-0.05, 0) is 31.7 Å². The molecular formula is C16H22N4OS. The Bertz CT molecular complexity index is 648. The zero-order valence-corrected chi connectivity index (χ0v) is 14.0. The van der Waals surface area contributed by atoms with Crippen molar-refractivity contribution in [3.63, 3.8) is 0 Å². The first-order chi connectivity index (χ1) is 10.7. The normalized spacial score (nSPS) is 18.1. The second-order valence-electron chi connectivity index (χ2n) is 5.89. The van der Waals surface area contributed by atoms with E-state index < -0.39 is 0 Å². The lowest BCUT2D eigenvalue weighted by Crippen LogP contribution is -2.39. The van der Waals surface area contributed by atoms with Gasteiger partial charge in [0.2, 0.25) is 5.91 Å². The van der Waals surface area contributed by atoms with Crippen molar-refractivity contribution in [2.24, 2.45) is 0 Å². The van der Waals surface area contributed by atoms with Gasteiger partial charge in [0.15, 0.2) is 0 Å². The molecule has 118 valence electrons. The fourth-order valence-electron chi connectivity index (χ4n) is 2.99. The molecule has 1 amide bonds. The number of hydrogen-bond acceptors (Lipinski definition) is 4. The smallest absolute Gasteiger partial charge is 0.228 e. The summed E-state index contributed by atoms with van der Waals surface area (Å²) in [5.74, 6) is 0.194. The number of likely N-dealkylation sites (tertiary alicyclic amines) is 1. The first-order valence-corrected chi connectivity index (χ1v) is 8.75. The molecule has 0 aliphatic carbocycles. The highest BCUT2D eigenvalue weighted by atomic mass is 32.1. The van der Waals surface area contributed by atoms with Crippen molar-refractivity contribution in [2.75, 3.05) is 6.54 Å². The summed E-state index contributed by atoms with van der Waals surface area (Å²) < 4.78 is 1.95. The molecule has 5 nitrogen and oxygen atoms in total. The van der Waals surface area contributed by atoms with Gasteiger partial charge >= 0.3 is 0 Å². The second-order valence-corrected chi connectivity index (χ2v) is 6.83. The Kier molecular flexibility index (Phi) is 4.57. The van der Waals surface area contributed by atoms with E-state index in [9.17, 15) is 4.79 Å². The highest BCUT2D eigenvalue weighted by molar-refractivity contribution is 7.09. The monoisotopic (exact) mass is 318 g/mol. The summed E-state index contributed by atoms with van der Waals surface area (Å²) >= 11 is 1.64. The number of aryl methyl sites for hydroxylation is 2. The Labute approximate surface area is 135 Å². The van der Waals surface area contributed by atoms with Crippen LogP contribution in [0.1, 0.15) is 36.0 Å².